The van der Waals surface area contributed by atoms with Gasteiger partial charge in [-0.1, -0.05) is 12.1 Å². The van der Waals surface area contributed by atoms with E-state index in [1.54, 1.807) is 24.0 Å². The molecule has 21 heavy (non-hydrogen) atoms. The minimum atomic E-state index is -0.834. The van der Waals surface area contributed by atoms with Crippen molar-refractivity contribution in [2.24, 2.45) is 10.8 Å². The molecule has 0 bridgehead atoms. The van der Waals surface area contributed by atoms with E-state index in [9.17, 15) is 9.90 Å². The van der Waals surface area contributed by atoms with E-state index in [1.807, 2.05) is 29.2 Å². The van der Waals surface area contributed by atoms with Gasteiger partial charge in [-0.15, -0.1) is 0 Å². The molecule has 0 aromatic heterocycles. The van der Waals surface area contributed by atoms with Gasteiger partial charge >= 0.3 is 5.97 Å². The Balaban J connectivity index is 1.82. The van der Waals surface area contributed by atoms with Gasteiger partial charge in [0.1, 0.15) is 5.84 Å². The van der Waals surface area contributed by atoms with Crippen LogP contribution >= 0.6 is 0 Å². The fraction of sp³-hybridized carbons (Fsp3) is 0.429. The number of fused-ring (bicyclic) bond motifs is 1. The van der Waals surface area contributed by atoms with Gasteiger partial charge in [-0.25, -0.2) is 10.8 Å². The monoisotopic (exact) mass is 289 g/mol. The van der Waals surface area contributed by atoms with Crippen molar-refractivity contribution >= 4 is 23.2 Å². The third-order valence-electron chi connectivity index (χ3n) is 4.28. The molecule has 0 unspecified atom stereocenters. The first-order chi connectivity index (χ1) is 9.94. The molecule has 7 heteroatoms. The Hall–Kier alpha value is -2.12. The van der Waals surface area contributed by atoms with Gasteiger partial charge in [0.25, 0.3) is 0 Å². The van der Waals surface area contributed by atoms with Crippen molar-refractivity contribution in [1.29, 1.82) is 0 Å². The quantitative estimate of drug-likeness (QED) is 0.752. The molecular formula is C14H19N5O2. The van der Waals surface area contributed by atoms with Gasteiger partial charge < -0.3 is 15.0 Å². The van der Waals surface area contributed by atoms with Crippen molar-refractivity contribution in [3.63, 3.8) is 0 Å². The third-order valence-corrected chi connectivity index (χ3v) is 4.28. The molecule has 1 aromatic rings. The second-order valence-electron chi connectivity index (χ2n) is 5.73. The second-order valence-corrected chi connectivity index (χ2v) is 5.73. The molecule has 0 radical (unpaired) electrons. The summed E-state index contributed by atoms with van der Waals surface area (Å²) in [7, 11) is 3.58. The summed E-state index contributed by atoms with van der Waals surface area (Å²) in [5.74, 6) is 6.05. The summed E-state index contributed by atoms with van der Waals surface area (Å²) >= 11 is 0. The highest BCUT2D eigenvalue weighted by Crippen LogP contribution is 2.33. The minimum absolute atomic E-state index is 0.421. The van der Waals surface area contributed by atoms with Crippen molar-refractivity contribution < 1.29 is 9.90 Å². The Labute approximate surface area is 123 Å². The van der Waals surface area contributed by atoms with Crippen molar-refractivity contribution in [3.05, 3.63) is 24.3 Å². The van der Waals surface area contributed by atoms with Crippen LogP contribution in [0.3, 0.4) is 0 Å². The van der Waals surface area contributed by atoms with Crippen molar-refractivity contribution in [2.45, 2.75) is 5.54 Å². The summed E-state index contributed by atoms with van der Waals surface area (Å²) < 4.78 is 0. The number of hydrogen-bond donors (Lipinski definition) is 2. The number of nitrogens with two attached hydrogens (primary N) is 1. The minimum Gasteiger partial charge on any atom is -0.480 e. The lowest BCUT2D eigenvalue weighted by Gasteiger charge is -2.52. The molecule has 3 N–H and O–H groups in total. The number of likely N-dealkylation sites (tertiary alicyclic amines) is 1. The summed E-state index contributed by atoms with van der Waals surface area (Å²) in [6.07, 6.45) is 0. The average molecular weight is 289 g/mol. The molecule has 0 atom stereocenters. The van der Waals surface area contributed by atoms with Crippen LogP contribution in [0.2, 0.25) is 0 Å². The predicted molar refractivity (Wildman–Crippen MR) is 80.7 cm³/mol. The fourth-order valence-corrected chi connectivity index (χ4v) is 2.76. The Morgan fingerprint density at radius 2 is 2.05 bits per heavy atom. The van der Waals surface area contributed by atoms with E-state index in [0.717, 1.165) is 17.2 Å². The number of amidine groups is 1. The number of hydrazine groups is 1. The number of carbonyl (C=O) groups is 1. The van der Waals surface area contributed by atoms with Crippen LogP contribution < -0.4 is 10.9 Å². The molecule has 1 fully saturated rings. The van der Waals surface area contributed by atoms with Crippen LogP contribution in [0.15, 0.2) is 29.3 Å². The first-order valence-corrected chi connectivity index (χ1v) is 6.79. The number of nitrogens with zero attached hydrogens (tertiary/aromatic N) is 4. The molecule has 0 aliphatic carbocycles. The van der Waals surface area contributed by atoms with E-state index in [4.69, 9.17) is 5.84 Å². The van der Waals surface area contributed by atoms with Crippen LogP contribution in [0.25, 0.3) is 0 Å². The number of likely N-dealkylation sites (N-methyl/N-ethyl adjacent to an activating group) is 1. The van der Waals surface area contributed by atoms with Crippen LogP contribution in [-0.2, 0) is 4.79 Å². The van der Waals surface area contributed by atoms with Crippen LogP contribution in [0.1, 0.15) is 0 Å². The summed E-state index contributed by atoms with van der Waals surface area (Å²) in [6, 6.07) is 7.67. The average Bonchev–Trinajstić information content (AvgIpc) is 2.36. The van der Waals surface area contributed by atoms with Crippen LogP contribution in [-0.4, -0.2) is 66.0 Å². The molecule has 0 spiro atoms. The van der Waals surface area contributed by atoms with Crippen molar-refractivity contribution in [3.8, 4) is 0 Å². The van der Waals surface area contributed by atoms with E-state index >= 15 is 0 Å². The number of aliphatic imine (C=N–C) groups is 1. The maximum atomic E-state index is 11.5. The standard InChI is InChI=1S/C14H19N5O2/c1-17(2)14(13(20)21)8-18(9-14)12-7-19(15)11-6-4-3-5-10(11)16-12/h3-6H,7-9,15H2,1-2H3,(H,20,21). The van der Waals surface area contributed by atoms with E-state index in [2.05, 4.69) is 4.99 Å². The lowest BCUT2D eigenvalue weighted by atomic mass is 9.88. The maximum Gasteiger partial charge on any atom is 0.327 e. The predicted octanol–water partition coefficient (Wildman–Crippen LogP) is 0.111. The van der Waals surface area contributed by atoms with Gasteiger partial charge in [-0.2, -0.15) is 0 Å². The molecule has 1 saturated heterocycles. The Kier molecular flexibility index (Phi) is 3.11. The number of para-hydroxylation sites is 2. The first-order valence-electron chi connectivity index (χ1n) is 6.79. The summed E-state index contributed by atoms with van der Waals surface area (Å²) in [5.41, 5.74) is 0.872. The number of carboxylic acid groups (broad SMARTS) is 1. The maximum absolute atomic E-state index is 11.5. The zero-order chi connectivity index (χ0) is 15.2. The van der Waals surface area contributed by atoms with E-state index in [1.165, 1.54) is 0 Å². The summed E-state index contributed by atoms with van der Waals surface area (Å²) in [4.78, 5) is 19.8. The number of benzene rings is 1. The largest absolute Gasteiger partial charge is 0.480 e. The van der Waals surface area contributed by atoms with Gasteiger partial charge in [0.05, 0.1) is 31.0 Å². The molecular weight excluding hydrogens is 270 g/mol. The van der Waals surface area contributed by atoms with E-state index in [-0.39, 0.29) is 0 Å². The van der Waals surface area contributed by atoms with Crippen LogP contribution in [0, 0.1) is 0 Å². The number of rotatable bonds is 2. The van der Waals surface area contributed by atoms with E-state index < -0.39 is 11.5 Å². The number of anilines is 1. The lowest BCUT2D eigenvalue weighted by molar-refractivity contribution is -0.158. The highest BCUT2D eigenvalue weighted by atomic mass is 16.4. The summed E-state index contributed by atoms with van der Waals surface area (Å²) in [5, 5.41) is 11.1. The highest BCUT2D eigenvalue weighted by molar-refractivity contribution is 5.96. The van der Waals surface area contributed by atoms with Gasteiger partial charge in [-0.05, 0) is 26.2 Å². The lowest BCUT2D eigenvalue weighted by Crippen LogP contribution is -2.74. The zero-order valence-corrected chi connectivity index (χ0v) is 12.2. The van der Waals surface area contributed by atoms with Gasteiger partial charge in [-0.3, -0.25) is 9.69 Å². The normalized spacial score (nSPS) is 19.9. The molecule has 1 aromatic carbocycles. The number of aliphatic carboxylic acids is 1. The van der Waals surface area contributed by atoms with E-state index in [0.29, 0.717) is 19.6 Å². The molecule has 3 rings (SSSR count). The Morgan fingerprint density at radius 1 is 1.38 bits per heavy atom. The second kappa shape index (κ2) is 4.71. The summed E-state index contributed by atoms with van der Waals surface area (Å²) in [6.45, 7) is 1.33. The van der Waals surface area contributed by atoms with Crippen LogP contribution in [0.4, 0.5) is 11.4 Å². The molecule has 0 amide bonds. The third kappa shape index (κ3) is 2.05. The van der Waals surface area contributed by atoms with Crippen LogP contribution in [0.5, 0.6) is 0 Å². The number of carboxylic acids is 1. The van der Waals surface area contributed by atoms with Crippen molar-refractivity contribution in [2.75, 3.05) is 38.7 Å². The molecule has 2 heterocycles. The first kappa shape index (κ1) is 13.8. The van der Waals surface area contributed by atoms with Gasteiger partial charge in [0, 0.05) is 0 Å². The van der Waals surface area contributed by atoms with Gasteiger partial charge in [0.15, 0.2) is 5.54 Å². The topological polar surface area (TPSA) is 85.4 Å². The molecule has 0 saturated carbocycles. The molecule has 112 valence electrons. The molecule has 2 aliphatic heterocycles. The van der Waals surface area contributed by atoms with Gasteiger partial charge in [0.2, 0.25) is 0 Å². The molecule has 7 nitrogen and oxygen atoms in total. The fourth-order valence-electron chi connectivity index (χ4n) is 2.76. The Morgan fingerprint density at radius 3 is 2.67 bits per heavy atom. The molecule has 2 aliphatic rings. The number of hydrogen-bond acceptors (Lipinski definition) is 6. The Bertz CT molecular complexity index is 607. The SMILES string of the molecule is CN(C)C1(C(=O)O)CN(C2=Nc3ccccc3N(N)C2)C1. The smallest absolute Gasteiger partial charge is 0.327 e. The zero-order valence-electron chi connectivity index (χ0n) is 12.2. The van der Waals surface area contributed by atoms with Crippen molar-refractivity contribution in [1.82, 2.24) is 9.80 Å². The highest BCUT2D eigenvalue weighted by Gasteiger charge is 2.52.